The molecular formula is C32H36N2O3S. The Balaban J connectivity index is 0.941. The molecule has 1 saturated heterocycles. The predicted molar refractivity (Wildman–Crippen MR) is 147 cm³/mol. The maximum Gasteiger partial charge on any atom is 0.255 e. The number of piperidine rings is 1. The molecule has 6 aliphatic rings. The third-order valence-electron chi connectivity index (χ3n) is 10.0. The van der Waals surface area contributed by atoms with Gasteiger partial charge in [0.15, 0.2) is 0 Å². The number of thioether (sulfide) groups is 1. The number of amides is 3. The highest BCUT2D eigenvalue weighted by atomic mass is 32.2. The first-order chi connectivity index (χ1) is 18.4. The van der Waals surface area contributed by atoms with Gasteiger partial charge in [-0.15, -0.1) is 11.8 Å². The number of nitrogens with one attached hydrogen (secondary N) is 1. The Bertz CT molecular complexity index is 1250. The van der Waals surface area contributed by atoms with Crippen LogP contribution in [0.4, 0.5) is 0 Å². The lowest BCUT2D eigenvalue weighted by atomic mass is 9.48. The fourth-order valence-corrected chi connectivity index (χ4v) is 9.53. The van der Waals surface area contributed by atoms with E-state index < -0.39 is 6.04 Å². The van der Waals surface area contributed by atoms with Crippen LogP contribution < -0.4 is 5.32 Å². The van der Waals surface area contributed by atoms with Crippen LogP contribution in [0.1, 0.15) is 84.8 Å². The largest absolute Gasteiger partial charge is 0.322 e. The highest BCUT2D eigenvalue weighted by Gasteiger charge is 2.50. The van der Waals surface area contributed by atoms with E-state index in [1.807, 2.05) is 12.1 Å². The molecule has 2 aliphatic heterocycles. The van der Waals surface area contributed by atoms with Crippen LogP contribution in [-0.4, -0.2) is 28.7 Å². The normalized spacial score (nSPS) is 31.6. The predicted octanol–water partition coefficient (Wildman–Crippen LogP) is 5.89. The summed E-state index contributed by atoms with van der Waals surface area (Å²) in [6.07, 6.45) is 12.3. The lowest BCUT2D eigenvalue weighted by Gasteiger charge is -2.57. The van der Waals surface area contributed by atoms with Gasteiger partial charge in [0.2, 0.25) is 11.8 Å². The monoisotopic (exact) mass is 528 g/mol. The Hall–Kier alpha value is -2.60. The summed E-state index contributed by atoms with van der Waals surface area (Å²) in [7, 11) is 0. The van der Waals surface area contributed by atoms with E-state index in [2.05, 4.69) is 35.6 Å². The van der Waals surface area contributed by atoms with Gasteiger partial charge in [-0.1, -0.05) is 24.3 Å². The average molecular weight is 529 g/mol. The Morgan fingerprint density at radius 1 is 0.895 bits per heavy atom. The maximum atomic E-state index is 12.9. The molecule has 4 saturated carbocycles. The van der Waals surface area contributed by atoms with Gasteiger partial charge in [-0.3, -0.25) is 19.7 Å². The van der Waals surface area contributed by atoms with E-state index in [1.165, 1.54) is 62.5 Å². The molecule has 2 heterocycles. The number of fused-ring (bicyclic) bond motifs is 1. The minimum atomic E-state index is -0.565. The molecule has 5 nitrogen and oxygen atoms in total. The number of aryl methyl sites for hydroxylation is 1. The number of carbonyl (C=O) groups excluding carboxylic acids is 3. The number of carbonyl (C=O) groups is 3. The molecule has 8 rings (SSSR count). The molecule has 2 aromatic rings. The fourth-order valence-electron chi connectivity index (χ4n) is 8.62. The number of hydrogen-bond acceptors (Lipinski definition) is 4. The zero-order chi connectivity index (χ0) is 25.9. The van der Waals surface area contributed by atoms with E-state index in [1.54, 1.807) is 16.7 Å². The standard InChI is InChI=1S/C32H36N2O3S/c35-29-8-7-28(30(36)33-29)34-18-25-14-26(5-6-27(25)31(34)37)38-19-21-3-1-20(2-4-21)9-10-32-15-22-11-23(16-32)13-24(12-22)17-32/h1-6,14,22-24,28H,7-13,15-19H2,(H,33,35,36). The van der Waals surface area contributed by atoms with Crippen molar-refractivity contribution in [3.05, 3.63) is 64.7 Å². The summed E-state index contributed by atoms with van der Waals surface area (Å²) in [6.45, 7) is 0.424. The van der Waals surface area contributed by atoms with E-state index in [4.69, 9.17) is 0 Å². The van der Waals surface area contributed by atoms with Gasteiger partial charge in [-0.05, 0) is 116 Å². The van der Waals surface area contributed by atoms with Gasteiger partial charge >= 0.3 is 0 Å². The van der Waals surface area contributed by atoms with Gasteiger partial charge in [-0.2, -0.15) is 0 Å². The number of imide groups is 1. The van der Waals surface area contributed by atoms with Gasteiger partial charge in [0.05, 0.1) is 0 Å². The zero-order valence-electron chi connectivity index (χ0n) is 21.9. The van der Waals surface area contributed by atoms with E-state index in [0.29, 0.717) is 23.9 Å². The summed E-state index contributed by atoms with van der Waals surface area (Å²) in [6, 6.07) is 14.6. The minimum absolute atomic E-state index is 0.116. The van der Waals surface area contributed by atoms with Crippen molar-refractivity contribution in [2.45, 2.75) is 87.4 Å². The molecule has 38 heavy (non-hydrogen) atoms. The van der Waals surface area contributed by atoms with Crippen molar-refractivity contribution in [3.8, 4) is 0 Å². The van der Waals surface area contributed by atoms with Crippen LogP contribution in [0.2, 0.25) is 0 Å². The molecule has 3 amide bonds. The van der Waals surface area contributed by atoms with Crippen LogP contribution in [0.25, 0.3) is 0 Å². The summed E-state index contributed by atoms with van der Waals surface area (Å²) >= 11 is 1.78. The smallest absolute Gasteiger partial charge is 0.255 e. The first-order valence-corrected chi connectivity index (χ1v) is 15.4. The van der Waals surface area contributed by atoms with Crippen LogP contribution in [0.3, 0.4) is 0 Å². The molecular weight excluding hydrogens is 492 g/mol. The van der Waals surface area contributed by atoms with E-state index in [0.717, 1.165) is 34.0 Å². The fraction of sp³-hybridized carbons (Fsp3) is 0.531. The van der Waals surface area contributed by atoms with Gasteiger partial charge in [0, 0.05) is 29.2 Å². The van der Waals surface area contributed by atoms with Crippen molar-refractivity contribution < 1.29 is 14.4 Å². The number of rotatable bonds is 7. The summed E-state index contributed by atoms with van der Waals surface area (Å²) in [5.74, 6) is 3.23. The SMILES string of the molecule is O=C1CCC(N2Cc3cc(SCc4ccc(CCC56CC7CC(CC(C7)C5)C6)cc4)ccc3C2=O)C(=O)N1. The van der Waals surface area contributed by atoms with Crippen molar-refractivity contribution in [2.75, 3.05) is 0 Å². The molecule has 1 atom stereocenters. The minimum Gasteiger partial charge on any atom is -0.322 e. The van der Waals surface area contributed by atoms with E-state index in [9.17, 15) is 14.4 Å². The molecule has 0 radical (unpaired) electrons. The van der Waals surface area contributed by atoms with Crippen LogP contribution in [0, 0.1) is 23.2 Å². The Kier molecular flexibility index (Phi) is 6.14. The Morgan fingerprint density at radius 3 is 2.26 bits per heavy atom. The van der Waals surface area contributed by atoms with Gasteiger partial charge in [-0.25, -0.2) is 0 Å². The zero-order valence-corrected chi connectivity index (χ0v) is 22.7. The van der Waals surface area contributed by atoms with Gasteiger partial charge in [0.1, 0.15) is 6.04 Å². The van der Waals surface area contributed by atoms with Crippen LogP contribution >= 0.6 is 11.8 Å². The Morgan fingerprint density at radius 2 is 1.58 bits per heavy atom. The second-order valence-corrected chi connectivity index (χ2v) is 13.8. The summed E-state index contributed by atoms with van der Waals surface area (Å²) in [4.78, 5) is 39.5. The average Bonchev–Trinajstić information content (AvgIpc) is 3.21. The lowest BCUT2D eigenvalue weighted by Crippen LogP contribution is -2.52. The highest BCUT2D eigenvalue weighted by Crippen LogP contribution is 2.61. The second kappa shape index (κ2) is 9.55. The topological polar surface area (TPSA) is 66.5 Å². The molecule has 198 valence electrons. The van der Waals surface area contributed by atoms with Crippen LogP contribution in [0.15, 0.2) is 47.4 Å². The maximum absolute atomic E-state index is 12.9. The van der Waals surface area contributed by atoms with E-state index >= 15 is 0 Å². The molecule has 0 spiro atoms. The molecule has 1 unspecified atom stereocenters. The summed E-state index contributed by atoms with van der Waals surface area (Å²) in [5, 5.41) is 2.37. The quantitative estimate of drug-likeness (QED) is 0.360. The van der Waals surface area contributed by atoms with Gasteiger partial charge < -0.3 is 4.90 Å². The van der Waals surface area contributed by atoms with Crippen LogP contribution in [-0.2, 0) is 28.3 Å². The van der Waals surface area contributed by atoms with Gasteiger partial charge in [0.25, 0.3) is 5.91 Å². The second-order valence-electron chi connectivity index (χ2n) is 12.7. The number of benzene rings is 2. The van der Waals surface area contributed by atoms with Crippen molar-refractivity contribution in [2.24, 2.45) is 23.2 Å². The van der Waals surface area contributed by atoms with E-state index in [-0.39, 0.29) is 24.1 Å². The Labute approximate surface area is 229 Å². The third kappa shape index (κ3) is 4.59. The molecule has 5 fully saturated rings. The number of nitrogens with zero attached hydrogens (tertiary/aromatic N) is 1. The molecule has 0 aromatic heterocycles. The molecule has 2 aromatic carbocycles. The van der Waals surface area contributed by atoms with Crippen molar-refractivity contribution in [3.63, 3.8) is 0 Å². The van der Waals surface area contributed by atoms with Crippen LogP contribution in [0.5, 0.6) is 0 Å². The molecule has 4 bridgehead atoms. The first-order valence-electron chi connectivity index (χ1n) is 14.4. The van der Waals surface area contributed by atoms with Crippen molar-refractivity contribution in [1.29, 1.82) is 0 Å². The molecule has 1 N–H and O–H groups in total. The third-order valence-corrected chi connectivity index (χ3v) is 11.1. The first kappa shape index (κ1) is 24.4. The van der Waals surface area contributed by atoms with Crippen molar-refractivity contribution in [1.82, 2.24) is 10.2 Å². The summed E-state index contributed by atoms with van der Waals surface area (Å²) < 4.78 is 0. The number of hydrogen-bond donors (Lipinski definition) is 1. The lowest BCUT2D eigenvalue weighted by molar-refractivity contribution is -0.136. The highest BCUT2D eigenvalue weighted by molar-refractivity contribution is 7.98. The molecule has 4 aliphatic carbocycles. The molecule has 6 heteroatoms. The summed E-state index contributed by atoms with van der Waals surface area (Å²) in [5.41, 5.74) is 5.06. The van der Waals surface area contributed by atoms with Crippen molar-refractivity contribution >= 4 is 29.5 Å².